The third-order valence-electron chi connectivity index (χ3n) is 3.01. The fourth-order valence-electron chi connectivity index (χ4n) is 1.83. The van der Waals surface area contributed by atoms with Gasteiger partial charge in [-0.2, -0.15) is 5.10 Å². The number of halogens is 2. The molecule has 0 aliphatic rings. The fraction of sp³-hybridized carbons (Fsp3) is 0.154. The topological polar surface area (TPSA) is 59.8 Å². The van der Waals surface area contributed by atoms with Gasteiger partial charge >= 0.3 is 0 Å². The van der Waals surface area contributed by atoms with Crippen LogP contribution in [-0.4, -0.2) is 20.7 Å². The minimum atomic E-state index is -0.315. The van der Waals surface area contributed by atoms with Crippen molar-refractivity contribution in [1.82, 2.24) is 14.8 Å². The maximum Gasteiger partial charge on any atom is 0.277 e. The van der Waals surface area contributed by atoms with Gasteiger partial charge in [0, 0.05) is 12.7 Å². The molecule has 8 heteroatoms. The molecule has 0 unspecified atom stereocenters. The monoisotopic (exact) mass is 340 g/mol. The van der Waals surface area contributed by atoms with E-state index in [-0.39, 0.29) is 5.91 Å². The van der Waals surface area contributed by atoms with Crippen LogP contribution in [0.15, 0.2) is 18.2 Å². The summed E-state index contributed by atoms with van der Waals surface area (Å²) in [5.74, 6) is -0.315. The van der Waals surface area contributed by atoms with Crippen LogP contribution in [0.5, 0.6) is 0 Å². The minimum absolute atomic E-state index is 0.315. The van der Waals surface area contributed by atoms with Crippen LogP contribution in [0, 0.1) is 6.92 Å². The molecular weight excluding hydrogens is 331 g/mol. The van der Waals surface area contributed by atoms with Gasteiger partial charge in [-0.3, -0.25) is 14.8 Å². The van der Waals surface area contributed by atoms with Crippen molar-refractivity contribution < 1.29 is 4.79 Å². The smallest absolute Gasteiger partial charge is 0.277 e. The van der Waals surface area contributed by atoms with Crippen LogP contribution in [0.25, 0.3) is 10.2 Å². The number of aryl methyl sites for hydroxylation is 2. The molecule has 3 aromatic rings. The quantitative estimate of drug-likeness (QED) is 0.769. The SMILES string of the molecule is Cc1cc(C(=O)Nc2nc3c(Cl)ccc(Cl)c3s2)nn1C. The maximum absolute atomic E-state index is 12.1. The van der Waals surface area contributed by atoms with E-state index in [1.807, 2.05) is 6.92 Å². The molecule has 0 atom stereocenters. The van der Waals surface area contributed by atoms with E-state index in [0.29, 0.717) is 26.4 Å². The minimum Gasteiger partial charge on any atom is -0.296 e. The maximum atomic E-state index is 12.1. The molecule has 0 bridgehead atoms. The van der Waals surface area contributed by atoms with E-state index in [1.165, 1.54) is 11.3 Å². The first kappa shape index (κ1) is 14.3. The van der Waals surface area contributed by atoms with Crippen LogP contribution in [0.3, 0.4) is 0 Å². The van der Waals surface area contributed by atoms with Gasteiger partial charge in [0.2, 0.25) is 0 Å². The molecule has 0 spiro atoms. The molecule has 108 valence electrons. The van der Waals surface area contributed by atoms with Gasteiger partial charge in [0.05, 0.1) is 14.7 Å². The number of benzene rings is 1. The summed E-state index contributed by atoms with van der Waals surface area (Å²) in [5, 5.41) is 8.34. The number of thiazole rings is 1. The van der Waals surface area contributed by atoms with Gasteiger partial charge in [0.25, 0.3) is 5.91 Å². The van der Waals surface area contributed by atoms with Gasteiger partial charge in [-0.15, -0.1) is 0 Å². The van der Waals surface area contributed by atoms with Crippen molar-refractivity contribution in [2.45, 2.75) is 6.92 Å². The van der Waals surface area contributed by atoms with Crippen molar-refractivity contribution in [2.75, 3.05) is 5.32 Å². The number of hydrogen-bond donors (Lipinski definition) is 1. The number of anilines is 1. The molecule has 1 N–H and O–H groups in total. The predicted molar refractivity (Wildman–Crippen MR) is 85.5 cm³/mol. The zero-order chi connectivity index (χ0) is 15.1. The number of carbonyl (C=O) groups is 1. The molecule has 2 aromatic heterocycles. The van der Waals surface area contributed by atoms with E-state index in [9.17, 15) is 4.79 Å². The molecule has 1 amide bonds. The summed E-state index contributed by atoms with van der Waals surface area (Å²) in [7, 11) is 1.78. The molecule has 5 nitrogen and oxygen atoms in total. The van der Waals surface area contributed by atoms with E-state index in [1.54, 1.807) is 29.9 Å². The Bertz CT molecular complexity index is 797. The van der Waals surface area contributed by atoms with Gasteiger partial charge < -0.3 is 0 Å². The Hall–Kier alpha value is -1.63. The summed E-state index contributed by atoms with van der Waals surface area (Å²) < 4.78 is 2.39. The van der Waals surface area contributed by atoms with Gasteiger partial charge in [-0.1, -0.05) is 34.5 Å². The van der Waals surface area contributed by atoms with Crippen molar-refractivity contribution >= 4 is 55.8 Å². The molecule has 2 heterocycles. The average Bonchev–Trinajstić information content (AvgIpc) is 3.00. The van der Waals surface area contributed by atoms with Crippen LogP contribution in [-0.2, 0) is 7.05 Å². The molecule has 0 aliphatic heterocycles. The van der Waals surface area contributed by atoms with E-state index in [4.69, 9.17) is 23.2 Å². The molecule has 1 aromatic carbocycles. The Morgan fingerprint density at radius 3 is 2.67 bits per heavy atom. The van der Waals surface area contributed by atoms with Crippen molar-refractivity contribution in [2.24, 2.45) is 7.05 Å². The van der Waals surface area contributed by atoms with E-state index >= 15 is 0 Å². The largest absolute Gasteiger partial charge is 0.296 e. The zero-order valence-corrected chi connectivity index (χ0v) is 13.5. The van der Waals surface area contributed by atoms with Crippen molar-refractivity contribution in [3.63, 3.8) is 0 Å². The molecule has 0 aliphatic carbocycles. The van der Waals surface area contributed by atoms with Crippen LogP contribution >= 0.6 is 34.5 Å². The Morgan fingerprint density at radius 1 is 1.33 bits per heavy atom. The zero-order valence-electron chi connectivity index (χ0n) is 11.1. The second-order valence-electron chi connectivity index (χ2n) is 4.47. The van der Waals surface area contributed by atoms with Crippen molar-refractivity contribution in [3.8, 4) is 0 Å². The lowest BCUT2D eigenvalue weighted by Gasteiger charge is -1.96. The lowest BCUT2D eigenvalue weighted by atomic mass is 10.3. The number of carbonyl (C=O) groups excluding carboxylic acids is 1. The lowest BCUT2D eigenvalue weighted by molar-refractivity contribution is 0.102. The molecule has 0 radical (unpaired) electrons. The molecule has 0 saturated heterocycles. The highest BCUT2D eigenvalue weighted by Gasteiger charge is 2.15. The van der Waals surface area contributed by atoms with Crippen molar-refractivity contribution in [3.05, 3.63) is 39.6 Å². The number of nitrogens with zero attached hydrogens (tertiary/aromatic N) is 3. The Balaban J connectivity index is 1.93. The van der Waals surface area contributed by atoms with Crippen LogP contribution < -0.4 is 5.32 Å². The van der Waals surface area contributed by atoms with Gasteiger partial charge in [0.1, 0.15) is 5.52 Å². The first-order valence-corrected chi connectivity index (χ1v) is 7.59. The number of rotatable bonds is 2. The molecular formula is C13H10Cl2N4OS. The molecule has 0 fully saturated rings. The first-order valence-electron chi connectivity index (χ1n) is 6.02. The average molecular weight is 341 g/mol. The summed E-state index contributed by atoms with van der Waals surface area (Å²) in [5.41, 5.74) is 1.82. The highest BCUT2D eigenvalue weighted by Crippen LogP contribution is 2.36. The van der Waals surface area contributed by atoms with Gasteiger partial charge in [-0.25, -0.2) is 4.98 Å². The highest BCUT2D eigenvalue weighted by atomic mass is 35.5. The normalized spacial score (nSPS) is 11.0. The molecule has 0 saturated carbocycles. The summed E-state index contributed by atoms with van der Waals surface area (Å²) in [6, 6.07) is 5.10. The first-order chi connectivity index (χ1) is 9.95. The van der Waals surface area contributed by atoms with Crippen LogP contribution in [0.2, 0.25) is 10.0 Å². The second-order valence-corrected chi connectivity index (χ2v) is 6.29. The molecule has 21 heavy (non-hydrogen) atoms. The lowest BCUT2D eigenvalue weighted by Crippen LogP contribution is -2.12. The Kier molecular flexibility index (Phi) is 3.61. The summed E-state index contributed by atoms with van der Waals surface area (Å²) >= 11 is 13.5. The van der Waals surface area contributed by atoms with Gasteiger partial charge in [0.15, 0.2) is 10.8 Å². The van der Waals surface area contributed by atoms with Crippen molar-refractivity contribution in [1.29, 1.82) is 0 Å². The number of aromatic nitrogens is 3. The highest BCUT2D eigenvalue weighted by molar-refractivity contribution is 7.23. The Labute approximate surface area is 134 Å². The van der Waals surface area contributed by atoms with Crippen LogP contribution in [0.4, 0.5) is 5.13 Å². The molecule has 3 rings (SSSR count). The number of hydrogen-bond acceptors (Lipinski definition) is 4. The summed E-state index contributed by atoms with van der Waals surface area (Å²) in [4.78, 5) is 16.4. The number of nitrogens with one attached hydrogen (secondary N) is 1. The van der Waals surface area contributed by atoms with E-state index in [0.717, 1.165) is 10.4 Å². The van der Waals surface area contributed by atoms with E-state index in [2.05, 4.69) is 15.4 Å². The number of fused-ring (bicyclic) bond motifs is 1. The summed E-state index contributed by atoms with van der Waals surface area (Å²) in [6.07, 6.45) is 0. The number of amides is 1. The van der Waals surface area contributed by atoms with Crippen LogP contribution in [0.1, 0.15) is 16.2 Å². The Morgan fingerprint density at radius 2 is 2.05 bits per heavy atom. The third kappa shape index (κ3) is 2.62. The fourth-order valence-corrected chi connectivity index (χ4v) is 3.25. The second kappa shape index (κ2) is 5.29. The van der Waals surface area contributed by atoms with E-state index < -0.39 is 0 Å². The standard InChI is InChI=1S/C13H10Cl2N4OS/c1-6-5-9(18-19(6)2)12(20)17-13-16-10-7(14)3-4-8(15)11(10)21-13/h3-5H,1-2H3,(H,16,17,20). The van der Waals surface area contributed by atoms with Gasteiger partial charge in [-0.05, 0) is 25.1 Å². The third-order valence-corrected chi connectivity index (χ3v) is 4.75. The summed E-state index contributed by atoms with van der Waals surface area (Å²) in [6.45, 7) is 1.88. The predicted octanol–water partition coefficient (Wildman–Crippen LogP) is 3.90.